The number of Topliss-reactive ketones (excluding diaryl/α,β-unsaturated/α-hetero) is 1. The number of aryl methyl sites for hydroxylation is 1. The first-order valence-electron chi connectivity index (χ1n) is 9.88. The predicted octanol–water partition coefficient (Wildman–Crippen LogP) is 4.95. The van der Waals surface area contributed by atoms with Crippen molar-refractivity contribution in [3.63, 3.8) is 0 Å². The van der Waals surface area contributed by atoms with Gasteiger partial charge in [0, 0.05) is 35.0 Å². The van der Waals surface area contributed by atoms with Crippen molar-refractivity contribution in [1.29, 1.82) is 0 Å². The highest BCUT2D eigenvalue weighted by atomic mass is 19.1. The van der Waals surface area contributed by atoms with E-state index in [0.717, 1.165) is 29.7 Å². The number of rotatable bonds is 3. The Kier molecular flexibility index (Phi) is 5.14. The van der Waals surface area contributed by atoms with Crippen LogP contribution in [0.5, 0.6) is 0 Å². The van der Waals surface area contributed by atoms with Crippen LogP contribution in [0.1, 0.15) is 43.2 Å². The molecule has 1 saturated carbocycles. The monoisotopic (exact) mass is 390 g/mol. The number of nitrogens with one attached hydrogen (secondary N) is 1. The molecule has 0 aromatic heterocycles. The highest BCUT2D eigenvalue weighted by Crippen LogP contribution is 2.43. The van der Waals surface area contributed by atoms with Gasteiger partial charge in [0.25, 0.3) is 5.91 Å². The topological polar surface area (TPSA) is 58.5 Å². The molecule has 0 bridgehead atoms. The number of hydrogen-bond donors (Lipinski definition) is 1. The van der Waals surface area contributed by atoms with Crippen LogP contribution in [0.15, 0.2) is 64.8 Å². The molecular formula is C24H23FN2O2. The van der Waals surface area contributed by atoms with Gasteiger partial charge in [-0.25, -0.2) is 4.39 Å². The van der Waals surface area contributed by atoms with E-state index in [1.807, 2.05) is 38.1 Å². The Balaban J connectivity index is 1.77. The quantitative estimate of drug-likeness (QED) is 0.806. The summed E-state index contributed by atoms with van der Waals surface area (Å²) in [7, 11) is 0. The lowest BCUT2D eigenvalue weighted by Gasteiger charge is -2.36. The number of anilines is 1. The van der Waals surface area contributed by atoms with Gasteiger partial charge in [0.05, 0.1) is 5.92 Å². The summed E-state index contributed by atoms with van der Waals surface area (Å²) in [5, 5.41) is 2.85. The van der Waals surface area contributed by atoms with Gasteiger partial charge in [0.15, 0.2) is 0 Å². The van der Waals surface area contributed by atoms with Crippen molar-refractivity contribution in [1.82, 2.24) is 0 Å². The minimum Gasteiger partial charge on any atom is -0.322 e. The molecule has 0 saturated heterocycles. The Hall–Kier alpha value is -3.08. The molecule has 1 aliphatic heterocycles. The van der Waals surface area contributed by atoms with Gasteiger partial charge < -0.3 is 5.32 Å². The van der Waals surface area contributed by atoms with E-state index in [-0.39, 0.29) is 23.4 Å². The average Bonchev–Trinajstić information content (AvgIpc) is 2.69. The van der Waals surface area contributed by atoms with Crippen molar-refractivity contribution < 1.29 is 14.0 Å². The zero-order chi connectivity index (χ0) is 20.5. The van der Waals surface area contributed by atoms with Crippen LogP contribution in [-0.4, -0.2) is 17.4 Å². The molecule has 2 aliphatic rings. The molecule has 1 amide bonds. The third-order valence-corrected chi connectivity index (χ3v) is 5.69. The lowest BCUT2D eigenvalue weighted by atomic mass is 9.69. The van der Waals surface area contributed by atoms with Crippen LogP contribution >= 0.6 is 0 Å². The SMILES string of the molecule is CC1=C(C(=O)Nc2ccc(F)cc2)[C@H](c2ccc(C)cc2)C2C(=O)CCCC2=N1. The molecule has 148 valence electrons. The van der Waals surface area contributed by atoms with Gasteiger partial charge in [-0.15, -0.1) is 0 Å². The summed E-state index contributed by atoms with van der Waals surface area (Å²) in [4.78, 5) is 30.8. The number of ketones is 1. The van der Waals surface area contributed by atoms with Crippen LogP contribution in [0, 0.1) is 18.7 Å². The van der Waals surface area contributed by atoms with Gasteiger partial charge in [0.2, 0.25) is 0 Å². The molecule has 1 aliphatic carbocycles. The molecule has 1 fully saturated rings. The zero-order valence-corrected chi connectivity index (χ0v) is 16.5. The summed E-state index contributed by atoms with van der Waals surface area (Å²) in [6.45, 7) is 3.83. The molecule has 1 unspecified atom stereocenters. The highest BCUT2D eigenvalue weighted by Gasteiger charge is 2.43. The normalized spacial score (nSPS) is 21.5. The van der Waals surface area contributed by atoms with Crippen LogP contribution in [-0.2, 0) is 9.59 Å². The van der Waals surface area contributed by atoms with Crippen molar-refractivity contribution in [3.8, 4) is 0 Å². The first-order valence-corrected chi connectivity index (χ1v) is 9.88. The first-order chi connectivity index (χ1) is 13.9. The number of halogens is 1. The van der Waals surface area contributed by atoms with E-state index in [1.54, 1.807) is 0 Å². The van der Waals surface area contributed by atoms with Gasteiger partial charge in [-0.3, -0.25) is 14.6 Å². The number of fused-ring (bicyclic) bond motifs is 1. The maximum Gasteiger partial charge on any atom is 0.254 e. The highest BCUT2D eigenvalue weighted by molar-refractivity contribution is 6.14. The number of nitrogens with zero attached hydrogens (tertiary/aromatic N) is 1. The summed E-state index contributed by atoms with van der Waals surface area (Å²) < 4.78 is 13.2. The fourth-order valence-corrected chi connectivity index (χ4v) is 4.28. The third-order valence-electron chi connectivity index (χ3n) is 5.69. The molecule has 0 radical (unpaired) electrons. The number of hydrogen-bond acceptors (Lipinski definition) is 3. The summed E-state index contributed by atoms with van der Waals surface area (Å²) in [5.41, 5.74) is 4.57. The molecule has 4 nitrogen and oxygen atoms in total. The summed E-state index contributed by atoms with van der Waals surface area (Å²) in [5.74, 6) is -1.29. The van der Waals surface area contributed by atoms with E-state index < -0.39 is 5.92 Å². The van der Waals surface area contributed by atoms with Crippen LogP contribution in [0.4, 0.5) is 10.1 Å². The number of allylic oxidation sites excluding steroid dienone is 1. The molecule has 2 aromatic carbocycles. The Bertz CT molecular complexity index is 1020. The number of benzene rings is 2. The fourth-order valence-electron chi connectivity index (χ4n) is 4.28. The van der Waals surface area contributed by atoms with Gasteiger partial charge in [-0.2, -0.15) is 0 Å². The van der Waals surface area contributed by atoms with Gasteiger partial charge in [-0.05, 0) is 56.5 Å². The van der Waals surface area contributed by atoms with E-state index in [2.05, 4.69) is 10.3 Å². The molecule has 1 heterocycles. The molecule has 0 spiro atoms. The van der Waals surface area contributed by atoms with E-state index in [1.165, 1.54) is 24.3 Å². The van der Waals surface area contributed by atoms with Gasteiger partial charge >= 0.3 is 0 Å². The Morgan fingerprint density at radius 1 is 1.00 bits per heavy atom. The Morgan fingerprint density at radius 3 is 2.38 bits per heavy atom. The molecule has 1 N–H and O–H groups in total. The average molecular weight is 390 g/mol. The summed E-state index contributed by atoms with van der Waals surface area (Å²) in [6, 6.07) is 13.6. The van der Waals surface area contributed by atoms with Crippen molar-refractivity contribution in [2.75, 3.05) is 5.32 Å². The van der Waals surface area contributed by atoms with Gasteiger partial charge in [0.1, 0.15) is 11.6 Å². The smallest absolute Gasteiger partial charge is 0.254 e. The zero-order valence-electron chi connectivity index (χ0n) is 16.5. The van der Waals surface area contributed by atoms with Crippen LogP contribution in [0.2, 0.25) is 0 Å². The van der Waals surface area contributed by atoms with E-state index in [4.69, 9.17) is 0 Å². The second-order valence-electron chi connectivity index (χ2n) is 7.75. The minimum atomic E-state index is -0.399. The number of carbonyl (C=O) groups is 2. The predicted molar refractivity (Wildman–Crippen MR) is 111 cm³/mol. The largest absolute Gasteiger partial charge is 0.322 e. The van der Waals surface area contributed by atoms with E-state index in [9.17, 15) is 14.0 Å². The minimum absolute atomic E-state index is 0.139. The molecule has 2 atom stereocenters. The van der Waals surface area contributed by atoms with Crippen LogP contribution in [0.3, 0.4) is 0 Å². The number of carbonyl (C=O) groups excluding carboxylic acids is 2. The van der Waals surface area contributed by atoms with E-state index >= 15 is 0 Å². The molecule has 2 aromatic rings. The number of aliphatic imine (C=N–C) groups is 1. The van der Waals surface area contributed by atoms with Crippen molar-refractivity contribution in [2.24, 2.45) is 10.9 Å². The second-order valence-corrected chi connectivity index (χ2v) is 7.75. The van der Waals surface area contributed by atoms with Crippen molar-refractivity contribution in [2.45, 2.75) is 39.0 Å². The summed E-state index contributed by atoms with van der Waals surface area (Å²) >= 11 is 0. The first kappa shape index (κ1) is 19.2. The van der Waals surface area contributed by atoms with Gasteiger partial charge in [-0.1, -0.05) is 29.8 Å². The second kappa shape index (κ2) is 7.74. The Labute approximate surface area is 169 Å². The number of amides is 1. The van der Waals surface area contributed by atoms with E-state index in [0.29, 0.717) is 23.4 Å². The maximum atomic E-state index is 13.3. The molecule has 5 heteroatoms. The van der Waals surface area contributed by atoms with Crippen molar-refractivity contribution in [3.05, 3.63) is 76.7 Å². The third kappa shape index (κ3) is 3.77. The van der Waals surface area contributed by atoms with Crippen LogP contribution in [0.25, 0.3) is 0 Å². The molecular weight excluding hydrogens is 367 g/mol. The molecule has 4 rings (SSSR count). The fraction of sp³-hybridized carbons (Fsp3) is 0.292. The molecule has 29 heavy (non-hydrogen) atoms. The van der Waals surface area contributed by atoms with Crippen LogP contribution < -0.4 is 5.32 Å². The summed E-state index contributed by atoms with van der Waals surface area (Å²) in [6.07, 6.45) is 2.10. The lowest BCUT2D eigenvalue weighted by Crippen LogP contribution is -2.39. The maximum absolute atomic E-state index is 13.3. The van der Waals surface area contributed by atoms with Crippen molar-refractivity contribution >= 4 is 23.1 Å². The lowest BCUT2D eigenvalue weighted by molar-refractivity contribution is -0.122. The standard InChI is InChI=1S/C24H23FN2O2/c1-14-6-8-16(9-7-14)22-21(24(29)27-18-12-10-17(25)11-13-18)15(2)26-19-4-3-5-20(28)23(19)22/h6-13,22-23H,3-5H2,1-2H3,(H,27,29)/t22-,23?/m0/s1. The Morgan fingerprint density at radius 2 is 1.69 bits per heavy atom.